The van der Waals surface area contributed by atoms with Crippen LogP contribution in [-0.2, 0) is 6.54 Å². The molecule has 4 heteroatoms. The number of hydrogen-bond donors (Lipinski definition) is 1. The fourth-order valence-corrected chi connectivity index (χ4v) is 1.82. The zero-order valence-corrected chi connectivity index (χ0v) is 10.9. The largest absolute Gasteiger partial charge is 0.380 e. The Morgan fingerprint density at radius 1 is 1.18 bits per heavy atom. The molecule has 2 rings (SSSR count). The summed E-state index contributed by atoms with van der Waals surface area (Å²) in [6.45, 7) is 2.74. The molecule has 2 nitrogen and oxygen atoms in total. The number of benzene rings is 1. The van der Waals surface area contributed by atoms with Gasteiger partial charge in [-0.25, -0.2) is 0 Å². The van der Waals surface area contributed by atoms with Crippen molar-refractivity contribution in [1.29, 1.82) is 0 Å². The minimum atomic E-state index is 0.577. The Bertz CT molecular complexity index is 527. The molecule has 0 aliphatic rings. The number of pyridine rings is 1. The van der Waals surface area contributed by atoms with Gasteiger partial charge in [0.25, 0.3) is 0 Å². The van der Waals surface area contributed by atoms with E-state index in [9.17, 15) is 0 Å². The van der Waals surface area contributed by atoms with E-state index in [1.807, 2.05) is 31.3 Å². The first-order valence-electron chi connectivity index (χ1n) is 5.25. The van der Waals surface area contributed by atoms with Crippen LogP contribution in [0.15, 0.2) is 36.7 Å². The topological polar surface area (TPSA) is 24.9 Å². The SMILES string of the molecule is Cc1ccncc1NCc1ccc(Cl)c(Cl)c1. The zero-order valence-electron chi connectivity index (χ0n) is 9.37. The van der Waals surface area contributed by atoms with E-state index in [2.05, 4.69) is 10.3 Å². The van der Waals surface area contributed by atoms with Crippen LogP contribution in [0, 0.1) is 6.92 Å². The molecule has 0 unspecified atom stereocenters. The molecule has 0 amide bonds. The summed E-state index contributed by atoms with van der Waals surface area (Å²) in [7, 11) is 0. The monoisotopic (exact) mass is 266 g/mol. The maximum Gasteiger partial charge on any atom is 0.0595 e. The van der Waals surface area contributed by atoms with Crippen molar-refractivity contribution in [3.05, 3.63) is 57.8 Å². The van der Waals surface area contributed by atoms with Crippen LogP contribution >= 0.6 is 23.2 Å². The summed E-state index contributed by atoms with van der Waals surface area (Å²) in [6, 6.07) is 7.59. The fourth-order valence-electron chi connectivity index (χ4n) is 1.50. The molecular formula is C13H12Cl2N2. The molecule has 2 aromatic rings. The molecule has 0 atom stereocenters. The highest BCUT2D eigenvalue weighted by molar-refractivity contribution is 6.42. The summed E-state index contributed by atoms with van der Waals surface area (Å²) in [5.41, 5.74) is 3.28. The van der Waals surface area contributed by atoms with Crippen LogP contribution in [0.3, 0.4) is 0 Å². The second-order valence-corrected chi connectivity index (χ2v) is 4.61. The first-order chi connectivity index (χ1) is 8.16. The predicted octanol–water partition coefficient (Wildman–Crippen LogP) is 4.31. The molecule has 17 heavy (non-hydrogen) atoms. The number of rotatable bonds is 3. The summed E-state index contributed by atoms with van der Waals surface area (Å²) in [4.78, 5) is 4.08. The van der Waals surface area contributed by atoms with Crippen LogP contribution in [0.4, 0.5) is 5.69 Å². The number of aromatic nitrogens is 1. The Hall–Kier alpha value is -1.25. The second kappa shape index (κ2) is 5.39. The van der Waals surface area contributed by atoms with Crippen molar-refractivity contribution in [2.24, 2.45) is 0 Å². The molecule has 0 aliphatic carbocycles. The van der Waals surface area contributed by atoms with Crippen LogP contribution in [-0.4, -0.2) is 4.98 Å². The van der Waals surface area contributed by atoms with Crippen LogP contribution < -0.4 is 5.32 Å². The highest BCUT2D eigenvalue weighted by Crippen LogP contribution is 2.23. The normalized spacial score (nSPS) is 10.3. The van der Waals surface area contributed by atoms with Gasteiger partial charge in [0, 0.05) is 12.7 Å². The third kappa shape index (κ3) is 3.11. The maximum atomic E-state index is 5.95. The van der Waals surface area contributed by atoms with Crippen molar-refractivity contribution in [1.82, 2.24) is 4.98 Å². The summed E-state index contributed by atoms with van der Waals surface area (Å²) >= 11 is 11.8. The van der Waals surface area contributed by atoms with Crippen molar-refractivity contribution in [3.8, 4) is 0 Å². The Kier molecular flexibility index (Phi) is 3.87. The molecule has 1 heterocycles. The number of anilines is 1. The van der Waals surface area contributed by atoms with Crippen LogP contribution in [0.25, 0.3) is 0 Å². The van der Waals surface area contributed by atoms with E-state index >= 15 is 0 Å². The summed E-state index contributed by atoms with van der Waals surface area (Å²) in [5.74, 6) is 0. The quantitative estimate of drug-likeness (QED) is 0.896. The van der Waals surface area contributed by atoms with E-state index in [1.54, 1.807) is 12.3 Å². The van der Waals surface area contributed by atoms with Crippen molar-refractivity contribution < 1.29 is 0 Å². The molecule has 0 bridgehead atoms. The van der Waals surface area contributed by atoms with Crippen LogP contribution in [0.2, 0.25) is 10.0 Å². The lowest BCUT2D eigenvalue weighted by Gasteiger charge is -2.09. The van der Waals surface area contributed by atoms with Crippen LogP contribution in [0.1, 0.15) is 11.1 Å². The van der Waals surface area contributed by atoms with E-state index in [4.69, 9.17) is 23.2 Å². The molecule has 0 radical (unpaired) electrons. The van der Waals surface area contributed by atoms with Gasteiger partial charge >= 0.3 is 0 Å². The minimum Gasteiger partial charge on any atom is -0.380 e. The number of hydrogen-bond acceptors (Lipinski definition) is 2. The van der Waals surface area contributed by atoms with Crippen molar-refractivity contribution >= 4 is 28.9 Å². The third-order valence-corrected chi connectivity index (χ3v) is 3.25. The Labute approximate surface area is 111 Å². The van der Waals surface area contributed by atoms with E-state index in [-0.39, 0.29) is 0 Å². The van der Waals surface area contributed by atoms with E-state index in [0.29, 0.717) is 16.6 Å². The van der Waals surface area contributed by atoms with Gasteiger partial charge in [-0.2, -0.15) is 0 Å². The van der Waals surface area contributed by atoms with Crippen molar-refractivity contribution in [3.63, 3.8) is 0 Å². The van der Waals surface area contributed by atoms with Gasteiger partial charge in [-0.3, -0.25) is 4.98 Å². The van der Waals surface area contributed by atoms with Gasteiger partial charge in [0.15, 0.2) is 0 Å². The van der Waals surface area contributed by atoms with Gasteiger partial charge in [-0.15, -0.1) is 0 Å². The first kappa shape index (κ1) is 12.2. The van der Waals surface area contributed by atoms with Gasteiger partial charge in [-0.05, 0) is 36.2 Å². The van der Waals surface area contributed by atoms with E-state index < -0.39 is 0 Å². The van der Waals surface area contributed by atoms with E-state index in [0.717, 1.165) is 11.3 Å². The van der Waals surface area contributed by atoms with Gasteiger partial charge in [0.2, 0.25) is 0 Å². The van der Waals surface area contributed by atoms with E-state index in [1.165, 1.54) is 5.56 Å². The smallest absolute Gasteiger partial charge is 0.0595 e. The lowest BCUT2D eigenvalue weighted by Crippen LogP contribution is -2.01. The van der Waals surface area contributed by atoms with Gasteiger partial charge in [0.05, 0.1) is 21.9 Å². The Morgan fingerprint density at radius 2 is 2.00 bits per heavy atom. The molecular weight excluding hydrogens is 255 g/mol. The Balaban J connectivity index is 2.08. The molecule has 88 valence electrons. The average molecular weight is 267 g/mol. The molecule has 0 aliphatic heterocycles. The summed E-state index contributed by atoms with van der Waals surface area (Å²) in [6.07, 6.45) is 3.59. The van der Waals surface area contributed by atoms with Gasteiger partial charge in [0.1, 0.15) is 0 Å². The number of halogens is 2. The maximum absolute atomic E-state index is 5.95. The zero-order chi connectivity index (χ0) is 12.3. The second-order valence-electron chi connectivity index (χ2n) is 3.79. The number of nitrogens with one attached hydrogen (secondary N) is 1. The summed E-state index contributed by atoms with van der Waals surface area (Å²) < 4.78 is 0. The molecule has 1 N–H and O–H groups in total. The molecule has 1 aromatic carbocycles. The fraction of sp³-hybridized carbons (Fsp3) is 0.154. The summed E-state index contributed by atoms with van der Waals surface area (Å²) in [5, 5.41) is 4.47. The predicted molar refractivity (Wildman–Crippen MR) is 72.8 cm³/mol. The van der Waals surface area contributed by atoms with Gasteiger partial charge < -0.3 is 5.32 Å². The lowest BCUT2D eigenvalue weighted by atomic mass is 10.2. The van der Waals surface area contributed by atoms with Crippen LogP contribution in [0.5, 0.6) is 0 Å². The Morgan fingerprint density at radius 3 is 2.71 bits per heavy atom. The molecule has 1 aromatic heterocycles. The number of aryl methyl sites for hydroxylation is 1. The van der Waals surface area contributed by atoms with Gasteiger partial charge in [-0.1, -0.05) is 29.3 Å². The standard InChI is InChI=1S/C13H12Cl2N2/c1-9-4-5-16-8-13(9)17-7-10-2-3-11(14)12(15)6-10/h2-6,8,17H,7H2,1H3. The highest BCUT2D eigenvalue weighted by atomic mass is 35.5. The molecule has 0 saturated carbocycles. The minimum absolute atomic E-state index is 0.577. The molecule has 0 fully saturated rings. The number of nitrogens with zero attached hydrogens (tertiary/aromatic N) is 1. The first-order valence-corrected chi connectivity index (χ1v) is 6.01. The molecule has 0 saturated heterocycles. The third-order valence-electron chi connectivity index (χ3n) is 2.51. The average Bonchev–Trinajstić information content (AvgIpc) is 2.32. The molecule has 0 spiro atoms. The highest BCUT2D eigenvalue weighted by Gasteiger charge is 2.01. The lowest BCUT2D eigenvalue weighted by molar-refractivity contribution is 1.12. The van der Waals surface area contributed by atoms with Crippen molar-refractivity contribution in [2.75, 3.05) is 5.32 Å². The van der Waals surface area contributed by atoms with Crippen molar-refractivity contribution in [2.45, 2.75) is 13.5 Å².